The third-order valence-corrected chi connectivity index (χ3v) is 14.6. The molecule has 1 aromatic rings. The van der Waals surface area contributed by atoms with Crippen molar-refractivity contribution < 1.29 is 37.3 Å². The van der Waals surface area contributed by atoms with Crippen molar-refractivity contribution >= 4 is 38.4 Å². The molecule has 3 fully saturated rings. The number of hydrogen-bond donors (Lipinski definition) is 1. The average Bonchev–Trinajstić information content (AvgIpc) is 3.58. The first-order valence-electron chi connectivity index (χ1n) is 18.9. The number of alkyl halides is 1. The van der Waals surface area contributed by atoms with Gasteiger partial charge in [0.2, 0.25) is 0 Å². The van der Waals surface area contributed by atoms with Gasteiger partial charge in [0.25, 0.3) is 0 Å². The fraction of sp³-hybridized carbons (Fsp3) is 0.775. The van der Waals surface area contributed by atoms with Gasteiger partial charge in [-0.05, 0) is 94.8 Å². The molecule has 3 aliphatic rings. The number of ether oxygens (including phenoxy) is 4. The first kappa shape index (κ1) is 41.7. The molecule has 284 valence electrons. The molecule has 0 aromatic heterocycles. The van der Waals surface area contributed by atoms with Crippen LogP contribution in [-0.4, -0.2) is 78.5 Å². The number of aliphatic hydroxyl groups excluding tert-OH is 1. The molecule has 0 spiro atoms. The minimum atomic E-state index is -3.53. The van der Waals surface area contributed by atoms with E-state index < -0.39 is 21.4 Å². The van der Waals surface area contributed by atoms with Crippen molar-refractivity contribution in [3.8, 4) is 0 Å². The Hall–Kier alpha value is -1.05. The second-order valence-electron chi connectivity index (χ2n) is 16.5. The number of carbonyl (C=O) groups is 1. The number of hydrogen-bond acceptors (Lipinski definition) is 8. The average molecular weight is 831 g/mol. The molecule has 3 aliphatic heterocycles. The lowest BCUT2D eigenvalue weighted by molar-refractivity contribution is -0.156. The third kappa shape index (κ3) is 10.5. The summed E-state index contributed by atoms with van der Waals surface area (Å²) in [6.07, 6.45) is 6.11. The van der Waals surface area contributed by atoms with Gasteiger partial charge in [-0.25, -0.2) is 8.42 Å². The van der Waals surface area contributed by atoms with Crippen LogP contribution in [0, 0.1) is 29.1 Å². The van der Waals surface area contributed by atoms with Crippen LogP contribution in [0.1, 0.15) is 106 Å². The van der Waals surface area contributed by atoms with Crippen LogP contribution < -0.4 is 0 Å². The zero-order valence-electron chi connectivity index (χ0n) is 31.4. The van der Waals surface area contributed by atoms with Crippen LogP contribution in [0.5, 0.6) is 0 Å². The number of carbonyl (C=O) groups excluding carboxylic acids is 1. The maximum Gasteiger partial charge on any atom is 0.311 e. The van der Waals surface area contributed by atoms with Crippen LogP contribution >= 0.6 is 22.6 Å². The molecule has 3 saturated heterocycles. The van der Waals surface area contributed by atoms with Gasteiger partial charge in [0.15, 0.2) is 9.84 Å². The van der Waals surface area contributed by atoms with Crippen molar-refractivity contribution in [2.75, 3.05) is 16.8 Å². The summed E-state index contributed by atoms with van der Waals surface area (Å²) in [6, 6.07) is 8.64. The Morgan fingerprint density at radius 1 is 1.08 bits per heavy atom. The number of benzene rings is 1. The Kier molecular flexibility index (Phi) is 14.9. The summed E-state index contributed by atoms with van der Waals surface area (Å²) >= 11 is 2.42. The molecular formula is C40H63IO8S. The highest BCUT2D eigenvalue weighted by Crippen LogP contribution is 2.46. The van der Waals surface area contributed by atoms with Crippen LogP contribution in [0.25, 0.3) is 0 Å². The topological polar surface area (TPSA) is 108 Å². The van der Waals surface area contributed by atoms with E-state index in [4.69, 9.17) is 18.9 Å². The van der Waals surface area contributed by atoms with E-state index in [1.807, 2.05) is 26.8 Å². The number of aliphatic hydroxyl groups is 1. The Bertz CT molecular complexity index is 1360. The summed E-state index contributed by atoms with van der Waals surface area (Å²) < 4.78 is 53.3. The van der Waals surface area contributed by atoms with Gasteiger partial charge in [0.05, 0.1) is 59.3 Å². The fourth-order valence-corrected chi connectivity index (χ4v) is 10.7. The number of esters is 1. The lowest BCUT2D eigenvalue weighted by Gasteiger charge is -2.42. The third-order valence-electron chi connectivity index (χ3n) is 11.5. The van der Waals surface area contributed by atoms with E-state index in [2.05, 4.69) is 56.9 Å². The quantitative estimate of drug-likeness (QED) is 0.0552. The minimum Gasteiger partial charge on any atom is -0.465 e. The molecule has 11 atom stereocenters. The summed E-state index contributed by atoms with van der Waals surface area (Å²) in [5.74, 6) is 0.113. The van der Waals surface area contributed by atoms with E-state index in [1.54, 1.807) is 24.3 Å². The van der Waals surface area contributed by atoms with Gasteiger partial charge in [-0.15, -0.1) is 0 Å². The second-order valence-corrected chi connectivity index (χ2v) is 19.3. The smallest absolute Gasteiger partial charge is 0.311 e. The summed E-state index contributed by atoms with van der Waals surface area (Å²) in [5.41, 5.74) is -0.0967. The predicted molar refractivity (Wildman–Crippen MR) is 206 cm³/mol. The maximum absolute atomic E-state index is 13.5. The van der Waals surface area contributed by atoms with Gasteiger partial charge in [0, 0.05) is 23.2 Å². The molecule has 10 heteroatoms. The predicted octanol–water partition coefficient (Wildman–Crippen LogP) is 8.13. The van der Waals surface area contributed by atoms with E-state index in [9.17, 15) is 18.3 Å². The molecule has 1 unspecified atom stereocenters. The van der Waals surface area contributed by atoms with Crippen molar-refractivity contribution in [2.45, 2.75) is 153 Å². The monoisotopic (exact) mass is 830 g/mol. The van der Waals surface area contributed by atoms with E-state index in [0.717, 1.165) is 61.4 Å². The number of rotatable bonds is 17. The van der Waals surface area contributed by atoms with Crippen molar-refractivity contribution in [3.63, 3.8) is 0 Å². The molecule has 0 amide bonds. The Morgan fingerprint density at radius 3 is 2.42 bits per heavy atom. The summed E-state index contributed by atoms with van der Waals surface area (Å²) in [7, 11) is -3.53. The lowest BCUT2D eigenvalue weighted by Crippen LogP contribution is -2.50. The highest BCUT2D eigenvalue weighted by atomic mass is 127. The van der Waals surface area contributed by atoms with Crippen LogP contribution in [0.2, 0.25) is 0 Å². The SMILES string of the molecule is C=C([C@H](C)CC1CC[C@@H]2O[C@@H](CCCOC(=O)C(C)(C)C)C[C@]2(CI)O1)[C@H](O)C[C@@H]1O[C@H](C[C@H](C)CC)[C@H](C)[C@H]1CS(=O)(=O)c1ccccc1. The fourth-order valence-electron chi connectivity index (χ4n) is 7.91. The van der Waals surface area contributed by atoms with Crippen molar-refractivity contribution in [1.29, 1.82) is 0 Å². The van der Waals surface area contributed by atoms with Crippen LogP contribution in [-0.2, 0) is 33.6 Å². The summed E-state index contributed by atoms with van der Waals surface area (Å²) in [5, 5.41) is 11.6. The van der Waals surface area contributed by atoms with Gasteiger partial charge < -0.3 is 24.1 Å². The van der Waals surface area contributed by atoms with Crippen LogP contribution in [0.15, 0.2) is 47.4 Å². The van der Waals surface area contributed by atoms with E-state index >= 15 is 0 Å². The Balaban J connectivity index is 1.34. The van der Waals surface area contributed by atoms with Crippen molar-refractivity contribution in [1.82, 2.24) is 0 Å². The van der Waals surface area contributed by atoms with Gasteiger partial charge in [-0.1, -0.05) is 81.5 Å². The molecule has 4 rings (SSSR count). The first-order chi connectivity index (χ1) is 23.5. The van der Waals surface area contributed by atoms with Crippen LogP contribution in [0.3, 0.4) is 0 Å². The van der Waals surface area contributed by atoms with E-state index in [0.29, 0.717) is 23.8 Å². The first-order valence-corrected chi connectivity index (χ1v) is 22.0. The van der Waals surface area contributed by atoms with E-state index in [-0.39, 0.29) is 65.6 Å². The van der Waals surface area contributed by atoms with E-state index in [1.165, 1.54) is 0 Å². The summed E-state index contributed by atoms with van der Waals surface area (Å²) in [4.78, 5) is 12.5. The normalized spacial score (nSPS) is 31.9. The lowest BCUT2D eigenvalue weighted by atomic mass is 9.82. The largest absolute Gasteiger partial charge is 0.465 e. The minimum absolute atomic E-state index is 0.00476. The van der Waals surface area contributed by atoms with Gasteiger partial charge >= 0.3 is 5.97 Å². The standard InChI is InChI=1S/C40H63IO8S/c1-9-26(2)20-35-29(5)33(24-50(44,45)32-15-11-10-12-16-32)36(48-35)22-34(42)28(4)27(3)21-30-17-18-37-40(25-41,49-30)23-31(47-37)14-13-19-46-38(43)39(6,7)8/h10-12,15-16,26-27,29-31,33-37,42H,4,9,13-14,17-25H2,1-3,5-8H3/t26-,27-,29-,30?,31+,33-,34-,35-,36+,37+,40-/m1/s1. The number of sulfone groups is 1. The molecule has 8 nitrogen and oxygen atoms in total. The van der Waals surface area contributed by atoms with Crippen molar-refractivity contribution in [3.05, 3.63) is 42.5 Å². The molecule has 1 N–H and O–H groups in total. The molecule has 0 saturated carbocycles. The summed E-state index contributed by atoms with van der Waals surface area (Å²) in [6.45, 7) is 18.9. The molecule has 0 bridgehead atoms. The zero-order chi connectivity index (χ0) is 36.9. The zero-order valence-corrected chi connectivity index (χ0v) is 34.4. The Labute approximate surface area is 315 Å². The highest BCUT2D eigenvalue weighted by molar-refractivity contribution is 14.1. The number of halogens is 1. The molecular weight excluding hydrogens is 767 g/mol. The molecule has 0 radical (unpaired) electrons. The molecule has 50 heavy (non-hydrogen) atoms. The molecule has 0 aliphatic carbocycles. The maximum atomic E-state index is 13.5. The second kappa shape index (κ2) is 17.9. The molecule has 1 aromatic carbocycles. The van der Waals surface area contributed by atoms with Gasteiger partial charge in [-0.2, -0.15) is 0 Å². The Morgan fingerprint density at radius 2 is 1.78 bits per heavy atom. The number of fused-ring (bicyclic) bond motifs is 1. The van der Waals surface area contributed by atoms with Crippen molar-refractivity contribution in [2.24, 2.45) is 29.1 Å². The van der Waals surface area contributed by atoms with Crippen LogP contribution in [0.4, 0.5) is 0 Å². The highest BCUT2D eigenvalue weighted by Gasteiger charge is 2.52. The van der Waals surface area contributed by atoms with Gasteiger partial charge in [-0.3, -0.25) is 4.79 Å². The molecule has 3 heterocycles. The van der Waals surface area contributed by atoms with Gasteiger partial charge in [0.1, 0.15) is 5.60 Å².